The minimum absolute atomic E-state index is 0.0248. The Bertz CT molecular complexity index is 675. The number of hydrogen-bond acceptors (Lipinski definition) is 4. The lowest BCUT2D eigenvalue weighted by Crippen LogP contribution is -2.46. The maximum Gasteiger partial charge on any atom is 0.223 e. The zero-order chi connectivity index (χ0) is 16.9. The number of aromatic nitrogens is 1. The molecule has 2 atom stereocenters. The van der Waals surface area contributed by atoms with Crippen LogP contribution in [0.25, 0.3) is 0 Å². The largest absolute Gasteiger partial charge is 0.393 e. The van der Waals surface area contributed by atoms with Crippen LogP contribution in [0, 0.1) is 11.7 Å². The van der Waals surface area contributed by atoms with Crippen LogP contribution < -0.4 is 0 Å². The lowest BCUT2D eigenvalue weighted by atomic mass is 9.88. The zero-order valence-electron chi connectivity index (χ0n) is 13.4. The molecule has 5 nitrogen and oxygen atoms in total. The quantitative estimate of drug-likeness (QED) is 0.911. The SMILES string of the molecule is O=C(CCc1ccno1)N1CC[C@@H](O)[C@H](Cc2ccccc2F)C1. The fourth-order valence-corrected chi connectivity index (χ4v) is 3.15. The first kappa shape index (κ1) is 16.6. The molecule has 0 spiro atoms. The number of amides is 1. The number of aryl methyl sites for hydroxylation is 1. The molecule has 6 heteroatoms. The number of likely N-dealkylation sites (tertiary alicyclic amines) is 1. The molecule has 24 heavy (non-hydrogen) atoms. The lowest BCUT2D eigenvalue weighted by molar-refractivity contribution is -0.135. The van der Waals surface area contributed by atoms with Crippen molar-refractivity contribution < 1.29 is 18.8 Å². The van der Waals surface area contributed by atoms with Gasteiger partial charge in [0.05, 0.1) is 12.3 Å². The summed E-state index contributed by atoms with van der Waals surface area (Å²) in [5, 5.41) is 13.8. The molecule has 1 saturated heterocycles. The fourth-order valence-electron chi connectivity index (χ4n) is 3.15. The van der Waals surface area contributed by atoms with Gasteiger partial charge < -0.3 is 14.5 Å². The number of nitrogens with zero attached hydrogens (tertiary/aromatic N) is 2. The third kappa shape index (κ3) is 4.00. The van der Waals surface area contributed by atoms with Crippen LogP contribution in [-0.2, 0) is 17.6 Å². The summed E-state index contributed by atoms with van der Waals surface area (Å²) in [6, 6.07) is 8.33. The van der Waals surface area contributed by atoms with Gasteiger partial charge >= 0.3 is 0 Å². The van der Waals surface area contributed by atoms with E-state index in [0.717, 1.165) is 0 Å². The van der Waals surface area contributed by atoms with Crippen LogP contribution in [0.1, 0.15) is 24.2 Å². The Hall–Kier alpha value is -2.21. The number of halogens is 1. The number of benzene rings is 1. The highest BCUT2D eigenvalue weighted by Crippen LogP contribution is 2.23. The Balaban J connectivity index is 1.58. The van der Waals surface area contributed by atoms with Crippen molar-refractivity contribution in [1.29, 1.82) is 0 Å². The molecular formula is C18H21FN2O3. The second kappa shape index (κ2) is 7.57. The minimum atomic E-state index is -0.511. The van der Waals surface area contributed by atoms with Crippen molar-refractivity contribution >= 4 is 5.91 Å². The van der Waals surface area contributed by atoms with Gasteiger partial charge in [0.25, 0.3) is 0 Å². The van der Waals surface area contributed by atoms with E-state index in [1.165, 1.54) is 6.07 Å². The number of aliphatic hydroxyl groups excluding tert-OH is 1. The Morgan fingerprint density at radius 2 is 2.21 bits per heavy atom. The Kier molecular flexibility index (Phi) is 5.25. The highest BCUT2D eigenvalue weighted by atomic mass is 19.1. The molecule has 1 N–H and O–H groups in total. The molecule has 0 radical (unpaired) electrons. The van der Waals surface area contributed by atoms with Crippen LogP contribution >= 0.6 is 0 Å². The lowest BCUT2D eigenvalue weighted by Gasteiger charge is -2.36. The van der Waals surface area contributed by atoms with Crippen molar-refractivity contribution in [2.75, 3.05) is 13.1 Å². The predicted octanol–water partition coefficient (Wildman–Crippen LogP) is 2.20. The summed E-state index contributed by atoms with van der Waals surface area (Å²) in [5.74, 6) is 0.295. The molecule has 1 fully saturated rings. The van der Waals surface area contributed by atoms with Crippen LogP contribution in [0.2, 0.25) is 0 Å². The molecule has 0 aliphatic carbocycles. The van der Waals surface area contributed by atoms with E-state index in [4.69, 9.17) is 4.52 Å². The van der Waals surface area contributed by atoms with Gasteiger partial charge in [0.1, 0.15) is 11.6 Å². The van der Waals surface area contributed by atoms with Gasteiger partial charge in [0, 0.05) is 37.9 Å². The third-order valence-electron chi connectivity index (χ3n) is 4.56. The molecule has 0 unspecified atom stereocenters. The monoisotopic (exact) mass is 332 g/mol. The van der Waals surface area contributed by atoms with Gasteiger partial charge in [0.15, 0.2) is 0 Å². The number of piperidine rings is 1. The molecule has 1 aliphatic rings. The Morgan fingerprint density at radius 1 is 1.38 bits per heavy atom. The van der Waals surface area contributed by atoms with Crippen LogP contribution in [0.5, 0.6) is 0 Å². The van der Waals surface area contributed by atoms with Gasteiger partial charge in [-0.2, -0.15) is 0 Å². The van der Waals surface area contributed by atoms with Gasteiger partial charge in [-0.05, 0) is 24.5 Å². The van der Waals surface area contributed by atoms with E-state index in [9.17, 15) is 14.3 Å². The molecule has 1 aliphatic heterocycles. The van der Waals surface area contributed by atoms with E-state index >= 15 is 0 Å². The first-order chi connectivity index (χ1) is 11.6. The number of hydrogen-bond donors (Lipinski definition) is 1. The van der Waals surface area contributed by atoms with Crippen molar-refractivity contribution in [2.45, 2.75) is 31.8 Å². The summed E-state index contributed by atoms with van der Waals surface area (Å²) in [6.45, 7) is 0.981. The molecule has 2 aromatic rings. The summed E-state index contributed by atoms with van der Waals surface area (Å²) >= 11 is 0. The van der Waals surface area contributed by atoms with Crippen molar-refractivity contribution in [2.24, 2.45) is 5.92 Å². The molecule has 1 amide bonds. The standard InChI is InChI=1S/C18H21FN2O3/c19-16-4-2-1-3-13(16)11-14-12-21(10-8-17(14)22)18(23)6-5-15-7-9-20-24-15/h1-4,7,9,14,17,22H,5-6,8,10-12H2/t14-,17-/m1/s1. The molecule has 1 aromatic heterocycles. The predicted molar refractivity (Wildman–Crippen MR) is 85.6 cm³/mol. The first-order valence-corrected chi connectivity index (χ1v) is 8.22. The highest BCUT2D eigenvalue weighted by Gasteiger charge is 2.30. The summed E-state index contributed by atoms with van der Waals surface area (Å²) in [6.07, 6.45) is 2.85. The van der Waals surface area contributed by atoms with Gasteiger partial charge in [-0.3, -0.25) is 4.79 Å². The third-order valence-corrected chi connectivity index (χ3v) is 4.56. The van der Waals surface area contributed by atoms with E-state index in [-0.39, 0.29) is 17.6 Å². The van der Waals surface area contributed by atoms with Gasteiger partial charge in [-0.15, -0.1) is 0 Å². The van der Waals surface area contributed by atoms with E-state index in [2.05, 4.69) is 5.16 Å². The summed E-state index contributed by atoms with van der Waals surface area (Å²) in [4.78, 5) is 14.1. The van der Waals surface area contributed by atoms with Crippen molar-refractivity contribution in [1.82, 2.24) is 10.1 Å². The highest BCUT2D eigenvalue weighted by molar-refractivity contribution is 5.76. The van der Waals surface area contributed by atoms with E-state index in [0.29, 0.717) is 50.1 Å². The fraction of sp³-hybridized carbons (Fsp3) is 0.444. The number of carbonyl (C=O) groups is 1. The topological polar surface area (TPSA) is 66.6 Å². The van der Waals surface area contributed by atoms with Crippen molar-refractivity contribution in [3.8, 4) is 0 Å². The summed E-state index contributed by atoms with van der Waals surface area (Å²) < 4.78 is 18.8. The Morgan fingerprint density at radius 3 is 2.96 bits per heavy atom. The average Bonchev–Trinajstić information content (AvgIpc) is 3.10. The molecule has 1 aromatic carbocycles. The van der Waals surface area contributed by atoms with Gasteiger partial charge in [-0.1, -0.05) is 23.4 Å². The number of aliphatic hydroxyl groups is 1. The van der Waals surface area contributed by atoms with E-state index in [1.54, 1.807) is 35.4 Å². The maximum absolute atomic E-state index is 13.8. The second-order valence-corrected chi connectivity index (χ2v) is 6.23. The average molecular weight is 332 g/mol. The number of carbonyl (C=O) groups excluding carboxylic acids is 1. The summed E-state index contributed by atoms with van der Waals surface area (Å²) in [5.41, 5.74) is 0.581. The van der Waals surface area contributed by atoms with Crippen molar-refractivity contribution in [3.63, 3.8) is 0 Å². The Labute approximate surface area is 140 Å². The molecule has 2 heterocycles. The smallest absolute Gasteiger partial charge is 0.223 e. The molecular weight excluding hydrogens is 311 g/mol. The summed E-state index contributed by atoms with van der Waals surface area (Å²) in [7, 11) is 0. The van der Waals surface area contributed by atoms with Crippen LogP contribution in [0.3, 0.4) is 0 Å². The van der Waals surface area contributed by atoms with Gasteiger partial charge in [0.2, 0.25) is 5.91 Å². The van der Waals surface area contributed by atoms with E-state index in [1.807, 2.05) is 0 Å². The molecule has 0 bridgehead atoms. The van der Waals surface area contributed by atoms with Gasteiger partial charge in [-0.25, -0.2) is 4.39 Å². The first-order valence-electron chi connectivity index (χ1n) is 8.22. The molecule has 0 saturated carbocycles. The molecule has 128 valence electrons. The normalized spacial score (nSPS) is 21.0. The van der Waals surface area contributed by atoms with Crippen LogP contribution in [0.4, 0.5) is 4.39 Å². The second-order valence-electron chi connectivity index (χ2n) is 6.23. The zero-order valence-corrected chi connectivity index (χ0v) is 13.4. The molecule has 3 rings (SSSR count). The van der Waals surface area contributed by atoms with Crippen LogP contribution in [-0.4, -0.2) is 40.3 Å². The minimum Gasteiger partial charge on any atom is -0.393 e. The maximum atomic E-state index is 13.8. The van der Waals surface area contributed by atoms with Crippen molar-refractivity contribution in [3.05, 3.63) is 53.7 Å². The van der Waals surface area contributed by atoms with Crippen LogP contribution in [0.15, 0.2) is 41.1 Å². The van der Waals surface area contributed by atoms with E-state index < -0.39 is 6.10 Å². The number of rotatable bonds is 5.